The first-order valence-electron chi connectivity index (χ1n) is 6.25. The second-order valence-electron chi connectivity index (χ2n) is 4.52. The van der Waals surface area contributed by atoms with Gasteiger partial charge in [0, 0.05) is 10.9 Å². The molecule has 0 aliphatic carbocycles. The van der Waals surface area contributed by atoms with E-state index in [1.54, 1.807) is 18.2 Å². The van der Waals surface area contributed by atoms with Gasteiger partial charge in [-0.3, -0.25) is 0 Å². The predicted octanol–water partition coefficient (Wildman–Crippen LogP) is 3.85. The van der Waals surface area contributed by atoms with Crippen LogP contribution >= 0.6 is 0 Å². The van der Waals surface area contributed by atoms with Crippen LogP contribution in [0.5, 0.6) is 5.75 Å². The van der Waals surface area contributed by atoms with E-state index in [0.29, 0.717) is 11.3 Å². The van der Waals surface area contributed by atoms with Crippen LogP contribution < -0.4 is 4.74 Å². The normalized spacial score (nSPS) is 10.7. The van der Waals surface area contributed by atoms with Crippen molar-refractivity contribution in [3.8, 4) is 5.75 Å². The average molecular weight is 286 g/mol. The van der Waals surface area contributed by atoms with E-state index in [0.717, 1.165) is 10.9 Å². The number of fused-ring (bicyclic) bond motifs is 1. The molecule has 0 spiro atoms. The summed E-state index contributed by atoms with van der Waals surface area (Å²) in [4.78, 5) is 10.9. The SMILES string of the molecule is O=C(O)c1ccc2c(COc3ccc(F)cc3)coc2c1. The maximum Gasteiger partial charge on any atom is 0.335 e. The van der Waals surface area contributed by atoms with E-state index in [1.165, 1.54) is 30.5 Å². The third-order valence-electron chi connectivity index (χ3n) is 3.11. The number of ether oxygens (including phenoxy) is 1. The van der Waals surface area contributed by atoms with E-state index < -0.39 is 5.97 Å². The summed E-state index contributed by atoms with van der Waals surface area (Å²) in [6, 6.07) is 10.4. The lowest BCUT2D eigenvalue weighted by Crippen LogP contribution is -1.96. The first-order chi connectivity index (χ1) is 10.1. The predicted molar refractivity (Wildman–Crippen MR) is 73.9 cm³/mol. The maximum atomic E-state index is 12.8. The zero-order chi connectivity index (χ0) is 14.8. The van der Waals surface area contributed by atoms with E-state index in [-0.39, 0.29) is 18.0 Å². The fraction of sp³-hybridized carbons (Fsp3) is 0.0625. The van der Waals surface area contributed by atoms with Crippen molar-refractivity contribution in [3.05, 3.63) is 65.7 Å². The fourth-order valence-corrected chi connectivity index (χ4v) is 2.02. The smallest absolute Gasteiger partial charge is 0.335 e. The Morgan fingerprint density at radius 2 is 1.95 bits per heavy atom. The van der Waals surface area contributed by atoms with Crippen molar-refractivity contribution in [2.24, 2.45) is 0 Å². The average Bonchev–Trinajstić information content (AvgIpc) is 2.89. The number of furan rings is 1. The molecule has 0 fully saturated rings. The summed E-state index contributed by atoms with van der Waals surface area (Å²) >= 11 is 0. The highest BCUT2D eigenvalue weighted by molar-refractivity contribution is 5.93. The zero-order valence-corrected chi connectivity index (χ0v) is 10.9. The van der Waals surface area contributed by atoms with Crippen LogP contribution in [0, 0.1) is 5.82 Å². The topological polar surface area (TPSA) is 59.7 Å². The van der Waals surface area contributed by atoms with Gasteiger partial charge in [-0.15, -0.1) is 0 Å². The molecule has 0 amide bonds. The van der Waals surface area contributed by atoms with Gasteiger partial charge in [0.1, 0.15) is 23.8 Å². The molecule has 0 unspecified atom stereocenters. The number of hydrogen-bond acceptors (Lipinski definition) is 3. The minimum Gasteiger partial charge on any atom is -0.489 e. The quantitative estimate of drug-likeness (QED) is 0.791. The van der Waals surface area contributed by atoms with Gasteiger partial charge >= 0.3 is 5.97 Å². The number of carboxylic acids is 1. The molecule has 0 radical (unpaired) electrons. The zero-order valence-electron chi connectivity index (χ0n) is 10.9. The van der Waals surface area contributed by atoms with Crippen molar-refractivity contribution in [1.82, 2.24) is 0 Å². The van der Waals surface area contributed by atoms with Crippen molar-refractivity contribution in [1.29, 1.82) is 0 Å². The van der Waals surface area contributed by atoms with Crippen molar-refractivity contribution < 1.29 is 23.4 Å². The van der Waals surface area contributed by atoms with Crippen molar-refractivity contribution in [3.63, 3.8) is 0 Å². The van der Waals surface area contributed by atoms with Gasteiger partial charge in [0.05, 0.1) is 11.8 Å². The lowest BCUT2D eigenvalue weighted by Gasteiger charge is -2.04. The standard InChI is InChI=1S/C16H11FO4/c17-12-2-4-13(5-3-12)20-8-11-9-21-15-7-10(16(18)19)1-6-14(11)15/h1-7,9H,8H2,(H,18,19). The van der Waals surface area contributed by atoms with E-state index in [9.17, 15) is 9.18 Å². The molecule has 5 heteroatoms. The van der Waals surface area contributed by atoms with Crippen molar-refractivity contribution in [2.45, 2.75) is 6.61 Å². The van der Waals surface area contributed by atoms with E-state index in [2.05, 4.69) is 0 Å². The summed E-state index contributed by atoms with van der Waals surface area (Å²) in [5, 5.41) is 9.72. The molecule has 21 heavy (non-hydrogen) atoms. The summed E-state index contributed by atoms with van der Waals surface area (Å²) in [5.41, 5.74) is 1.46. The number of carbonyl (C=O) groups is 1. The molecule has 1 aromatic heterocycles. The number of benzene rings is 2. The Morgan fingerprint density at radius 3 is 2.67 bits per heavy atom. The van der Waals surface area contributed by atoms with Crippen LogP contribution in [0.3, 0.4) is 0 Å². The molecule has 3 rings (SSSR count). The molecule has 0 saturated heterocycles. The molecule has 0 atom stereocenters. The molecule has 0 bridgehead atoms. The Morgan fingerprint density at radius 1 is 1.19 bits per heavy atom. The van der Waals surface area contributed by atoms with Crippen LogP contribution in [0.1, 0.15) is 15.9 Å². The summed E-state index contributed by atoms with van der Waals surface area (Å²) in [7, 11) is 0. The van der Waals surface area contributed by atoms with Crippen LogP contribution in [-0.4, -0.2) is 11.1 Å². The van der Waals surface area contributed by atoms with Gasteiger partial charge in [-0.05, 0) is 42.5 Å². The molecule has 3 aromatic rings. The summed E-state index contributed by atoms with van der Waals surface area (Å²) in [6.07, 6.45) is 1.53. The molecule has 2 aromatic carbocycles. The highest BCUT2D eigenvalue weighted by Gasteiger charge is 2.10. The Kier molecular flexibility index (Phi) is 3.31. The van der Waals surface area contributed by atoms with Gasteiger partial charge in [0.25, 0.3) is 0 Å². The second kappa shape index (κ2) is 5.28. The summed E-state index contributed by atoms with van der Waals surface area (Å²) < 4.78 is 23.7. The number of rotatable bonds is 4. The van der Waals surface area contributed by atoms with E-state index in [1.807, 2.05) is 0 Å². The Bertz CT molecular complexity index is 790. The molecular formula is C16H11FO4. The highest BCUT2D eigenvalue weighted by Crippen LogP contribution is 2.24. The van der Waals surface area contributed by atoms with Gasteiger partial charge in [-0.2, -0.15) is 0 Å². The Labute approximate surface area is 119 Å². The number of hydrogen-bond donors (Lipinski definition) is 1. The molecule has 0 aliphatic heterocycles. The van der Waals surface area contributed by atoms with E-state index in [4.69, 9.17) is 14.3 Å². The molecule has 4 nitrogen and oxygen atoms in total. The van der Waals surface area contributed by atoms with Crippen LogP contribution in [0.15, 0.2) is 53.1 Å². The third-order valence-corrected chi connectivity index (χ3v) is 3.11. The molecular weight excluding hydrogens is 275 g/mol. The second-order valence-corrected chi connectivity index (χ2v) is 4.52. The minimum atomic E-state index is -1.00. The van der Waals surface area contributed by atoms with Crippen LogP contribution in [0.2, 0.25) is 0 Å². The molecule has 1 heterocycles. The lowest BCUT2D eigenvalue weighted by molar-refractivity contribution is 0.0697. The highest BCUT2D eigenvalue weighted by atomic mass is 19.1. The largest absolute Gasteiger partial charge is 0.489 e. The third kappa shape index (κ3) is 2.72. The molecule has 0 saturated carbocycles. The van der Waals surface area contributed by atoms with Gasteiger partial charge in [0.2, 0.25) is 0 Å². The Hall–Kier alpha value is -2.82. The van der Waals surface area contributed by atoms with Crippen LogP contribution in [0.4, 0.5) is 4.39 Å². The van der Waals surface area contributed by atoms with Gasteiger partial charge < -0.3 is 14.3 Å². The first-order valence-corrected chi connectivity index (χ1v) is 6.25. The Balaban J connectivity index is 1.81. The number of aromatic carboxylic acids is 1. The van der Waals surface area contributed by atoms with Gasteiger partial charge in [-0.25, -0.2) is 9.18 Å². The number of carboxylic acid groups (broad SMARTS) is 1. The summed E-state index contributed by atoms with van der Waals surface area (Å²) in [6.45, 7) is 0.255. The van der Waals surface area contributed by atoms with Crippen molar-refractivity contribution >= 4 is 16.9 Å². The van der Waals surface area contributed by atoms with E-state index >= 15 is 0 Å². The van der Waals surface area contributed by atoms with Gasteiger partial charge in [0.15, 0.2) is 0 Å². The maximum absolute atomic E-state index is 12.8. The van der Waals surface area contributed by atoms with Crippen LogP contribution in [0.25, 0.3) is 11.0 Å². The van der Waals surface area contributed by atoms with Crippen molar-refractivity contribution in [2.75, 3.05) is 0 Å². The fourth-order valence-electron chi connectivity index (χ4n) is 2.02. The molecule has 1 N–H and O–H groups in total. The minimum absolute atomic E-state index is 0.169. The number of halogens is 1. The van der Waals surface area contributed by atoms with Gasteiger partial charge in [-0.1, -0.05) is 0 Å². The first kappa shape index (κ1) is 13.2. The monoisotopic (exact) mass is 286 g/mol. The molecule has 0 aliphatic rings. The summed E-state index contributed by atoms with van der Waals surface area (Å²) in [5.74, 6) is -0.775. The molecule has 106 valence electrons. The lowest BCUT2D eigenvalue weighted by atomic mass is 10.1. The van der Waals surface area contributed by atoms with Crippen LogP contribution in [-0.2, 0) is 6.61 Å².